The summed E-state index contributed by atoms with van der Waals surface area (Å²) in [6, 6.07) is 8.42. The SMILES string of the molecule is COc1ccc(-c2c(C(F)(F)F)oc3c(CN4CCCCCC4)c(O)ccc3c2=O)cc1. The minimum absolute atomic E-state index is 0.00596. The molecule has 0 saturated carbocycles. The number of phenolic OH excluding ortho intramolecular Hbond substituents is 1. The molecule has 0 bridgehead atoms. The molecule has 1 aliphatic rings. The van der Waals surface area contributed by atoms with Crippen LogP contribution in [0.1, 0.15) is 37.0 Å². The number of phenols is 1. The quantitative estimate of drug-likeness (QED) is 0.567. The molecule has 0 aliphatic carbocycles. The van der Waals surface area contributed by atoms with Crippen LogP contribution in [0.15, 0.2) is 45.6 Å². The van der Waals surface area contributed by atoms with Gasteiger partial charge in [0.25, 0.3) is 0 Å². The molecule has 1 N–H and O–H groups in total. The Hall–Kier alpha value is -3.00. The number of likely N-dealkylation sites (tertiary alicyclic amines) is 1. The molecule has 2 heterocycles. The predicted molar refractivity (Wildman–Crippen MR) is 115 cm³/mol. The number of methoxy groups -OCH3 is 1. The number of alkyl halides is 3. The molecular formula is C24H24F3NO4. The lowest BCUT2D eigenvalue weighted by Crippen LogP contribution is -2.24. The number of nitrogens with zero attached hydrogens (tertiary/aromatic N) is 1. The van der Waals surface area contributed by atoms with Crippen molar-refractivity contribution in [1.82, 2.24) is 4.90 Å². The number of aromatic hydroxyl groups is 1. The van der Waals surface area contributed by atoms with Crippen LogP contribution in [-0.4, -0.2) is 30.2 Å². The number of hydrogen-bond acceptors (Lipinski definition) is 5. The highest BCUT2D eigenvalue weighted by Gasteiger charge is 2.40. The van der Waals surface area contributed by atoms with Gasteiger partial charge in [0.2, 0.25) is 11.2 Å². The molecule has 1 fully saturated rings. The van der Waals surface area contributed by atoms with E-state index in [2.05, 4.69) is 4.90 Å². The molecule has 3 aromatic rings. The number of ether oxygens (including phenoxy) is 1. The van der Waals surface area contributed by atoms with Crippen LogP contribution in [0.3, 0.4) is 0 Å². The summed E-state index contributed by atoms with van der Waals surface area (Å²) in [6.07, 6.45) is -0.753. The van der Waals surface area contributed by atoms with E-state index >= 15 is 0 Å². The zero-order valence-corrected chi connectivity index (χ0v) is 17.7. The Labute approximate surface area is 183 Å². The van der Waals surface area contributed by atoms with Crippen molar-refractivity contribution < 1.29 is 27.4 Å². The number of benzene rings is 2. The van der Waals surface area contributed by atoms with Gasteiger partial charge in [0.05, 0.1) is 23.6 Å². The molecule has 5 nitrogen and oxygen atoms in total. The maximum Gasteiger partial charge on any atom is 0.450 e. The molecule has 0 unspecified atom stereocenters. The van der Waals surface area contributed by atoms with Crippen molar-refractivity contribution >= 4 is 11.0 Å². The van der Waals surface area contributed by atoms with Crippen molar-refractivity contribution in [3.05, 3.63) is 57.9 Å². The van der Waals surface area contributed by atoms with E-state index in [9.17, 15) is 23.1 Å². The Morgan fingerprint density at radius 1 is 1.03 bits per heavy atom. The third-order valence-electron chi connectivity index (χ3n) is 5.86. The number of hydrogen-bond donors (Lipinski definition) is 1. The summed E-state index contributed by atoms with van der Waals surface area (Å²) in [5.41, 5.74) is -1.28. The van der Waals surface area contributed by atoms with Crippen molar-refractivity contribution in [2.45, 2.75) is 38.4 Å². The lowest BCUT2D eigenvalue weighted by atomic mass is 10.00. The van der Waals surface area contributed by atoms with Crippen LogP contribution in [0, 0.1) is 0 Å². The fourth-order valence-electron chi connectivity index (χ4n) is 4.19. The molecule has 0 spiro atoms. The summed E-state index contributed by atoms with van der Waals surface area (Å²) in [6.45, 7) is 1.76. The van der Waals surface area contributed by atoms with E-state index < -0.39 is 22.9 Å². The number of rotatable bonds is 4. The molecule has 0 amide bonds. The van der Waals surface area contributed by atoms with Crippen LogP contribution in [0.4, 0.5) is 13.2 Å². The van der Waals surface area contributed by atoms with Crippen LogP contribution in [0.25, 0.3) is 22.1 Å². The molecule has 4 rings (SSSR count). The van der Waals surface area contributed by atoms with E-state index in [0.717, 1.165) is 38.8 Å². The highest BCUT2D eigenvalue weighted by Crippen LogP contribution is 2.39. The molecular weight excluding hydrogens is 423 g/mol. The summed E-state index contributed by atoms with van der Waals surface area (Å²) in [7, 11) is 1.44. The average Bonchev–Trinajstić information content (AvgIpc) is 3.04. The van der Waals surface area contributed by atoms with Crippen LogP contribution in [-0.2, 0) is 12.7 Å². The van der Waals surface area contributed by atoms with E-state index in [1.165, 1.54) is 43.5 Å². The highest BCUT2D eigenvalue weighted by molar-refractivity contribution is 5.86. The second kappa shape index (κ2) is 8.86. The highest BCUT2D eigenvalue weighted by atomic mass is 19.4. The van der Waals surface area contributed by atoms with Crippen molar-refractivity contribution in [2.24, 2.45) is 0 Å². The normalized spacial score (nSPS) is 15.6. The summed E-state index contributed by atoms with van der Waals surface area (Å²) < 4.78 is 52.5. The van der Waals surface area contributed by atoms with Crippen molar-refractivity contribution in [2.75, 3.05) is 20.2 Å². The fourth-order valence-corrected chi connectivity index (χ4v) is 4.19. The largest absolute Gasteiger partial charge is 0.507 e. The molecule has 8 heteroatoms. The van der Waals surface area contributed by atoms with Gasteiger partial charge in [-0.05, 0) is 55.8 Å². The van der Waals surface area contributed by atoms with Gasteiger partial charge in [0, 0.05) is 6.54 Å². The van der Waals surface area contributed by atoms with Crippen LogP contribution < -0.4 is 10.2 Å². The minimum atomic E-state index is -4.89. The Kier molecular flexibility index (Phi) is 6.15. The summed E-state index contributed by atoms with van der Waals surface area (Å²) in [4.78, 5) is 15.4. The van der Waals surface area contributed by atoms with Crippen LogP contribution in [0.2, 0.25) is 0 Å². The molecule has 32 heavy (non-hydrogen) atoms. The van der Waals surface area contributed by atoms with E-state index in [-0.39, 0.29) is 34.4 Å². The minimum Gasteiger partial charge on any atom is -0.507 e. The first-order chi connectivity index (χ1) is 15.3. The standard InChI is InChI=1S/C24H24F3NO4/c1-31-16-8-6-15(7-9-16)20-21(30)17-10-11-19(29)18(14-28-12-4-2-3-5-13-28)22(17)32-23(20)24(25,26)27/h6-11,29H,2-5,12-14H2,1H3. The van der Waals surface area contributed by atoms with Gasteiger partial charge in [-0.2, -0.15) is 13.2 Å². The lowest BCUT2D eigenvalue weighted by molar-refractivity contribution is -0.152. The van der Waals surface area contributed by atoms with Gasteiger partial charge >= 0.3 is 6.18 Å². The van der Waals surface area contributed by atoms with Gasteiger partial charge < -0.3 is 14.3 Å². The van der Waals surface area contributed by atoms with Gasteiger partial charge in [-0.25, -0.2) is 0 Å². The number of halogens is 3. The summed E-state index contributed by atoms with van der Waals surface area (Å²) >= 11 is 0. The van der Waals surface area contributed by atoms with Gasteiger partial charge in [-0.15, -0.1) is 0 Å². The topological polar surface area (TPSA) is 62.9 Å². The van der Waals surface area contributed by atoms with Gasteiger partial charge in [0.15, 0.2) is 0 Å². The molecule has 2 aromatic carbocycles. The molecule has 0 radical (unpaired) electrons. The van der Waals surface area contributed by atoms with E-state index in [0.29, 0.717) is 5.75 Å². The molecule has 1 aliphatic heterocycles. The maximum absolute atomic E-state index is 14.0. The second-order valence-electron chi connectivity index (χ2n) is 7.99. The Morgan fingerprint density at radius 3 is 2.28 bits per heavy atom. The lowest BCUT2D eigenvalue weighted by Gasteiger charge is -2.21. The Morgan fingerprint density at radius 2 is 1.69 bits per heavy atom. The third-order valence-corrected chi connectivity index (χ3v) is 5.86. The first kappa shape index (κ1) is 22.2. The number of fused-ring (bicyclic) bond motifs is 1. The van der Waals surface area contributed by atoms with E-state index in [1.807, 2.05) is 0 Å². The first-order valence-electron chi connectivity index (χ1n) is 10.5. The third kappa shape index (κ3) is 4.32. The molecule has 1 aromatic heterocycles. The average molecular weight is 447 g/mol. The van der Waals surface area contributed by atoms with Gasteiger partial charge in [-0.1, -0.05) is 25.0 Å². The summed E-state index contributed by atoms with van der Waals surface area (Å²) in [5, 5.41) is 10.5. The van der Waals surface area contributed by atoms with Gasteiger partial charge in [-0.3, -0.25) is 9.69 Å². The fraction of sp³-hybridized carbons (Fsp3) is 0.375. The zero-order valence-electron chi connectivity index (χ0n) is 17.7. The van der Waals surface area contributed by atoms with Gasteiger partial charge in [0.1, 0.15) is 17.1 Å². The molecule has 170 valence electrons. The van der Waals surface area contributed by atoms with Crippen LogP contribution >= 0.6 is 0 Å². The van der Waals surface area contributed by atoms with E-state index in [4.69, 9.17) is 9.15 Å². The second-order valence-corrected chi connectivity index (χ2v) is 7.99. The summed E-state index contributed by atoms with van der Waals surface area (Å²) in [5.74, 6) is -1.10. The molecule has 0 atom stereocenters. The smallest absolute Gasteiger partial charge is 0.450 e. The maximum atomic E-state index is 14.0. The monoisotopic (exact) mass is 447 g/mol. The predicted octanol–water partition coefficient (Wildman–Crippen LogP) is 5.57. The van der Waals surface area contributed by atoms with Crippen LogP contribution in [0.5, 0.6) is 11.5 Å². The molecule has 1 saturated heterocycles. The Balaban J connectivity index is 1.92. The zero-order chi connectivity index (χ0) is 22.9. The van der Waals surface area contributed by atoms with Crippen molar-refractivity contribution in [3.8, 4) is 22.6 Å². The Bertz CT molecular complexity index is 1160. The van der Waals surface area contributed by atoms with E-state index in [1.54, 1.807) is 0 Å². The van der Waals surface area contributed by atoms with Crippen molar-refractivity contribution in [3.63, 3.8) is 0 Å². The first-order valence-corrected chi connectivity index (χ1v) is 10.5. The van der Waals surface area contributed by atoms with Crippen molar-refractivity contribution in [1.29, 1.82) is 0 Å².